The fraction of sp³-hybridized carbons (Fsp3) is 0. The maximum atomic E-state index is 12.7. The first-order valence-electron chi connectivity index (χ1n) is 6.17. The van der Waals surface area contributed by atoms with Crippen LogP contribution in [0.5, 0.6) is 0 Å². The van der Waals surface area contributed by atoms with Gasteiger partial charge in [-0.3, -0.25) is 0 Å². The normalized spacial score (nSPS) is 18.4. The monoisotopic (exact) mass is 470 g/mol. The van der Waals surface area contributed by atoms with Crippen molar-refractivity contribution in [1.29, 1.82) is 0 Å². The Bertz CT molecular complexity index is 783. The molecule has 0 saturated heterocycles. The number of hydrogen-bond acceptors (Lipinski definition) is 2. The summed E-state index contributed by atoms with van der Waals surface area (Å²) in [7, 11) is -19.0. The Morgan fingerprint density at radius 1 is 0.500 bits per heavy atom. The van der Waals surface area contributed by atoms with E-state index in [1.807, 2.05) is 0 Å². The zero-order valence-electron chi connectivity index (χ0n) is 12.0. The lowest BCUT2D eigenvalue weighted by atomic mass is 10.4. The van der Waals surface area contributed by atoms with Crippen molar-refractivity contribution < 1.29 is 38.9 Å². The smallest absolute Gasteiger partial charge is 0.0936 e. The van der Waals surface area contributed by atoms with Crippen molar-refractivity contribution in [2.24, 2.45) is 0 Å². The SMILES string of the molecule is FS(F)(F)(F)(F)c1cccc(SSc2cccc(S(F)(F)(F)(F)F)c2)c1. The first kappa shape index (κ1) is 21.4. The average molecular weight is 470 g/mol. The summed E-state index contributed by atoms with van der Waals surface area (Å²) in [5.41, 5.74) is 0. The first-order valence-corrected chi connectivity index (χ1v) is 12.2. The molecule has 0 spiro atoms. The lowest BCUT2D eigenvalue weighted by molar-refractivity contribution is 0.360. The second-order valence-electron chi connectivity index (χ2n) is 5.05. The summed E-state index contributed by atoms with van der Waals surface area (Å²) in [6.07, 6.45) is 0. The third kappa shape index (κ3) is 5.82. The highest BCUT2D eigenvalue weighted by Gasteiger charge is 2.66. The third-order valence-corrected chi connectivity index (χ3v) is 7.41. The Kier molecular flexibility index (Phi) is 4.08. The number of halogens is 10. The molecule has 26 heavy (non-hydrogen) atoms. The number of hydrogen-bond donors (Lipinski definition) is 0. The van der Waals surface area contributed by atoms with E-state index >= 15 is 0 Å². The van der Waals surface area contributed by atoms with Crippen LogP contribution in [-0.2, 0) is 0 Å². The molecule has 0 N–H and O–H groups in total. The van der Waals surface area contributed by atoms with Gasteiger partial charge in [-0.15, -0.1) is 0 Å². The van der Waals surface area contributed by atoms with Gasteiger partial charge in [-0.2, -0.15) is 0 Å². The van der Waals surface area contributed by atoms with E-state index < -0.39 is 30.2 Å². The topological polar surface area (TPSA) is 0 Å². The van der Waals surface area contributed by atoms with Gasteiger partial charge in [-0.1, -0.05) is 72.6 Å². The van der Waals surface area contributed by atoms with Gasteiger partial charge in [0.15, 0.2) is 0 Å². The minimum atomic E-state index is -9.90. The standard InChI is InChI=1S/C12H8F10S4/c13-25(14,15,16,17)11-5-1-3-9(7-11)23-24-10-4-2-6-12(8-10)26(18,19,20,21)22/h1-8H. The van der Waals surface area contributed by atoms with Crippen molar-refractivity contribution in [1.82, 2.24) is 0 Å². The maximum absolute atomic E-state index is 12.7. The second kappa shape index (κ2) is 4.94. The van der Waals surface area contributed by atoms with Crippen LogP contribution in [0.25, 0.3) is 0 Å². The molecule has 0 atom stereocenters. The molecule has 2 rings (SSSR count). The molecule has 0 unspecified atom stereocenters. The van der Waals surface area contributed by atoms with Crippen LogP contribution in [0.1, 0.15) is 0 Å². The Morgan fingerprint density at radius 2 is 0.808 bits per heavy atom. The molecule has 0 radical (unpaired) electrons. The van der Waals surface area contributed by atoms with Crippen LogP contribution in [0.15, 0.2) is 68.1 Å². The first-order chi connectivity index (χ1) is 11.1. The van der Waals surface area contributed by atoms with E-state index in [-0.39, 0.29) is 34.1 Å². The van der Waals surface area contributed by atoms with E-state index in [2.05, 4.69) is 0 Å². The van der Waals surface area contributed by atoms with Gasteiger partial charge < -0.3 is 0 Å². The summed E-state index contributed by atoms with van der Waals surface area (Å²) in [4.78, 5) is -4.98. The largest absolute Gasteiger partial charge is 0.310 e. The Balaban J connectivity index is 2.27. The average Bonchev–Trinajstić information content (AvgIpc) is 2.41. The van der Waals surface area contributed by atoms with Crippen LogP contribution < -0.4 is 0 Å². The van der Waals surface area contributed by atoms with Gasteiger partial charge >= 0.3 is 20.4 Å². The van der Waals surface area contributed by atoms with Crippen LogP contribution in [-0.4, -0.2) is 0 Å². The molecule has 0 nitrogen and oxygen atoms in total. The van der Waals surface area contributed by atoms with Crippen molar-refractivity contribution in [3.8, 4) is 0 Å². The van der Waals surface area contributed by atoms with Crippen LogP contribution in [0, 0.1) is 0 Å². The van der Waals surface area contributed by atoms with Crippen molar-refractivity contribution in [2.75, 3.05) is 0 Å². The Labute approximate surface area is 149 Å². The molecule has 0 fully saturated rings. The highest BCUT2D eigenvalue weighted by atomic mass is 33.1. The molecule has 0 aliphatic carbocycles. The van der Waals surface area contributed by atoms with Gasteiger partial charge in [-0.05, 0) is 36.4 Å². The Morgan fingerprint density at radius 3 is 1.08 bits per heavy atom. The zero-order chi connectivity index (χ0) is 20.2. The summed E-state index contributed by atoms with van der Waals surface area (Å²) in [6, 6.07) is 4.11. The van der Waals surface area contributed by atoms with Crippen LogP contribution in [0.4, 0.5) is 38.9 Å². The van der Waals surface area contributed by atoms with Gasteiger partial charge in [0.1, 0.15) is 9.79 Å². The van der Waals surface area contributed by atoms with Crippen molar-refractivity contribution in [2.45, 2.75) is 19.6 Å². The molecule has 0 saturated carbocycles. The minimum absolute atomic E-state index is 0.146. The minimum Gasteiger partial charge on any atom is -0.0936 e. The third-order valence-electron chi connectivity index (χ3n) is 2.74. The highest BCUT2D eigenvalue weighted by Crippen LogP contribution is 3.02. The second-order valence-corrected chi connectivity index (χ2v) is 12.1. The van der Waals surface area contributed by atoms with Crippen molar-refractivity contribution >= 4 is 42.0 Å². The summed E-state index contributed by atoms with van der Waals surface area (Å²) in [5, 5.41) is 0. The van der Waals surface area contributed by atoms with E-state index in [0.717, 1.165) is 12.1 Å². The zero-order valence-corrected chi connectivity index (χ0v) is 15.3. The maximum Gasteiger partial charge on any atom is 0.310 e. The summed E-state index contributed by atoms with van der Waals surface area (Å²) < 4.78 is 127. The van der Waals surface area contributed by atoms with Crippen molar-refractivity contribution in [3.63, 3.8) is 0 Å². The van der Waals surface area contributed by atoms with Gasteiger partial charge in [0.2, 0.25) is 0 Å². The van der Waals surface area contributed by atoms with E-state index in [1.165, 1.54) is 0 Å². The van der Waals surface area contributed by atoms with E-state index in [0.29, 0.717) is 33.7 Å². The van der Waals surface area contributed by atoms with E-state index in [1.54, 1.807) is 0 Å². The van der Waals surface area contributed by atoms with Gasteiger partial charge in [0, 0.05) is 9.79 Å². The molecule has 14 heteroatoms. The van der Waals surface area contributed by atoms with Gasteiger partial charge in [-0.25, -0.2) is 0 Å². The fourth-order valence-corrected chi connectivity index (χ4v) is 5.16. The molecule has 0 bridgehead atoms. The van der Waals surface area contributed by atoms with Crippen LogP contribution in [0.3, 0.4) is 0 Å². The summed E-state index contributed by atoms with van der Waals surface area (Å²) >= 11 is 0. The molecule has 2 aromatic carbocycles. The lowest BCUT2D eigenvalue weighted by Gasteiger charge is -2.40. The van der Waals surface area contributed by atoms with E-state index in [9.17, 15) is 38.9 Å². The Hall–Kier alpha value is -0.860. The molecular weight excluding hydrogens is 462 g/mol. The molecule has 150 valence electrons. The highest BCUT2D eigenvalue weighted by molar-refractivity contribution is 8.76. The van der Waals surface area contributed by atoms with Gasteiger partial charge in [0.05, 0.1) is 0 Å². The summed E-state index contributed by atoms with van der Waals surface area (Å²) in [5.74, 6) is 0. The van der Waals surface area contributed by atoms with Crippen molar-refractivity contribution in [3.05, 3.63) is 48.5 Å². The molecule has 0 amide bonds. The molecule has 2 aromatic rings. The number of rotatable bonds is 5. The molecule has 0 aliphatic rings. The van der Waals surface area contributed by atoms with Gasteiger partial charge in [0.25, 0.3) is 0 Å². The van der Waals surface area contributed by atoms with Crippen LogP contribution >= 0.6 is 42.0 Å². The number of benzene rings is 2. The van der Waals surface area contributed by atoms with Crippen LogP contribution in [0.2, 0.25) is 0 Å². The summed E-state index contributed by atoms with van der Waals surface area (Å²) in [6.45, 7) is 0. The predicted molar refractivity (Wildman–Crippen MR) is 87.4 cm³/mol. The lowest BCUT2D eigenvalue weighted by Crippen LogP contribution is -2.05. The molecule has 0 heterocycles. The van der Waals surface area contributed by atoms with E-state index in [4.69, 9.17) is 0 Å². The predicted octanol–water partition coefficient (Wildman–Crippen LogP) is 9.80. The fourth-order valence-electron chi connectivity index (χ4n) is 1.63. The quantitative estimate of drug-likeness (QED) is 0.315. The molecule has 0 aromatic heterocycles. The molecule has 0 aliphatic heterocycles. The molecular formula is C12H8F10S4.